The van der Waals surface area contributed by atoms with Crippen molar-refractivity contribution in [2.45, 2.75) is 59.5 Å². The molecule has 9 heteroatoms. The first-order valence-corrected chi connectivity index (χ1v) is 12.3. The number of alkyl carbamates (subject to hydrolysis) is 1. The normalized spacial score (nSPS) is 12.0. The smallest absolute Gasteiger partial charge is 0.407 e. The maximum atomic E-state index is 11.8. The number of hydrogen-bond donors (Lipinski definition) is 2. The lowest BCUT2D eigenvalue weighted by Crippen LogP contribution is -2.34. The number of aryl methyl sites for hydroxylation is 1. The molecule has 0 aliphatic heterocycles. The van der Waals surface area contributed by atoms with Gasteiger partial charge in [-0.3, -0.25) is 4.98 Å². The summed E-state index contributed by atoms with van der Waals surface area (Å²) < 4.78 is 10.9. The van der Waals surface area contributed by atoms with Gasteiger partial charge in [0.25, 0.3) is 0 Å². The van der Waals surface area contributed by atoms with Crippen LogP contribution in [0.3, 0.4) is 0 Å². The standard InChI is InChI=1S/C28H34N6O3/c1-17-9-8-10-20(31-17)24-23(33-25(34-24)27(2,3)4)18-11-12-19-21(15-18)32-22(16-30-19)36-14-13-29-26(35)37-28(5,6)7/h8-12,15-16H,13-14H2,1-7H3,(H,29,35)(H,33,34). The van der Waals surface area contributed by atoms with Crippen molar-refractivity contribution in [3.8, 4) is 28.5 Å². The minimum absolute atomic E-state index is 0.165. The Kier molecular flexibility index (Phi) is 7.16. The Hall–Kier alpha value is -4.01. The molecule has 4 rings (SSSR count). The quantitative estimate of drug-likeness (QED) is 0.330. The summed E-state index contributed by atoms with van der Waals surface area (Å²) in [5.41, 5.74) is 5.03. The maximum absolute atomic E-state index is 11.8. The van der Waals surface area contributed by atoms with E-state index in [-0.39, 0.29) is 18.6 Å². The lowest BCUT2D eigenvalue weighted by Gasteiger charge is -2.19. The average Bonchev–Trinajstić information content (AvgIpc) is 3.27. The van der Waals surface area contributed by atoms with Crippen LogP contribution in [0.1, 0.15) is 53.1 Å². The van der Waals surface area contributed by atoms with E-state index in [9.17, 15) is 4.79 Å². The van der Waals surface area contributed by atoms with Gasteiger partial charge in [-0.05, 0) is 52.0 Å². The Morgan fingerprint density at radius 2 is 1.78 bits per heavy atom. The number of benzene rings is 1. The molecular weight excluding hydrogens is 468 g/mol. The van der Waals surface area contributed by atoms with Gasteiger partial charge in [0, 0.05) is 16.7 Å². The van der Waals surface area contributed by atoms with Crippen LogP contribution < -0.4 is 10.1 Å². The molecule has 1 amide bonds. The van der Waals surface area contributed by atoms with Gasteiger partial charge < -0.3 is 19.8 Å². The number of nitrogens with one attached hydrogen (secondary N) is 2. The molecule has 0 spiro atoms. The molecule has 0 saturated heterocycles. The van der Waals surface area contributed by atoms with Crippen molar-refractivity contribution in [3.63, 3.8) is 0 Å². The van der Waals surface area contributed by atoms with E-state index in [0.29, 0.717) is 11.4 Å². The number of pyridine rings is 1. The van der Waals surface area contributed by atoms with Crippen LogP contribution >= 0.6 is 0 Å². The molecule has 0 saturated carbocycles. The molecule has 2 N–H and O–H groups in total. The first-order chi connectivity index (χ1) is 17.4. The summed E-state index contributed by atoms with van der Waals surface area (Å²) >= 11 is 0. The second kappa shape index (κ2) is 10.2. The second-order valence-corrected chi connectivity index (χ2v) is 10.9. The minimum Gasteiger partial charge on any atom is -0.475 e. The number of hydrogen-bond acceptors (Lipinski definition) is 7. The zero-order chi connectivity index (χ0) is 26.8. The predicted molar refractivity (Wildman–Crippen MR) is 144 cm³/mol. The van der Waals surface area contributed by atoms with Crippen LogP contribution in [0.5, 0.6) is 5.88 Å². The Morgan fingerprint density at radius 1 is 1.00 bits per heavy atom. The third kappa shape index (κ3) is 6.61. The summed E-state index contributed by atoms with van der Waals surface area (Å²) in [7, 11) is 0. The molecule has 0 fully saturated rings. The lowest BCUT2D eigenvalue weighted by atomic mass is 9.96. The number of fused-ring (bicyclic) bond motifs is 1. The van der Waals surface area contributed by atoms with Crippen LogP contribution in [0.15, 0.2) is 42.6 Å². The van der Waals surface area contributed by atoms with E-state index >= 15 is 0 Å². The molecule has 4 aromatic rings. The molecule has 1 aromatic carbocycles. The van der Waals surface area contributed by atoms with Gasteiger partial charge in [-0.2, -0.15) is 0 Å². The molecule has 0 aliphatic rings. The number of amides is 1. The molecule has 0 radical (unpaired) electrons. The summed E-state index contributed by atoms with van der Waals surface area (Å²) in [4.78, 5) is 34.1. The number of rotatable bonds is 6. The Labute approximate surface area is 217 Å². The van der Waals surface area contributed by atoms with Gasteiger partial charge in [0.2, 0.25) is 5.88 Å². The summed E-state index contributed by atoms with van der Waals surface area (Å²) in [5.74, 6) is 1.25. The van der Waals surface area contributed by atoms with Crippen molar-refractivity contribution in [1.29, 1.82) is 0 Å². The second-order valence-electron chi connectivity index (χ2n) is 10.9. The van der Waals surface area contributed by atoms with E-state index in [1.807, 2.05) is 64.1 Å². The number of carbonyl (C=O) groups excluding carboxylic acids is 1. The molecule has 194 valence electrons. The molecule has 9 nitrogen and oxygen atoms in total. The van der Waals surface area contributed by atoms with Crippen molar-refractivity contribution in [2.24, 2.45) is 0 Å². The zero-order valence-corrected chi connectivity index (χ0v) is 22.5. The lowest BCUT2D eigenvalue weighted by molar-refractivity contribution is 0.0520. The van der Waals surface area contributed by atoms with Crippen molar-refractivity contribution in [3.05, 3.63) is 54.1 Å². The molecule has 3 aromatic heterocycles. The Morgan fingerprint density at radius 3 is 2.49 bits per heavy atom. The first-order valence-electron chi connectivity index (χ1n) is 12.3. The van der Waals surface area contributed by atoms with Gasteiger partial charge in [-0.15, -0.1) is 0 Å². The van der Waals surface area contributed by atoms with Crippen LogP contribution in [-0.4, -0.2) is 49.8 Å². The van der Waals surface area contributed by atoms with Crippen LogP contribution in [0.25, 0.3) is 33.7 Å². The predicted octanol–water partition coefficient (Wildman–Crippen LogP) is 5.59. The highest BCUT2D eigenvalue weighted by Crippen LogP contribution is 2.34. The number of aromatic amines is 1. The number of aromatic nitrogens is 5. The third-order valence-electron chi connectivity index (χ3n) is 5.37. The number of carbonyl (C=O) groups is 1. The topological polar surface area (TPSA) is 115 Å². The molecule has 3 heterocycles. The molecule has 37 heavy (non-hydrogen) atoms. The minimum atomic E-state index is -0.552. The molecule has 0 aliphatic carbocycles. The largest absolute Gasteiger partial charge is 0.475 e. The van der Waals surface area contributed by atoms with Crippen LogP contribution in [-0.2, 0) is 10.2 Å². The van der Waals surface area contributed by atoms with E-state index in [4.69, 9.17) is 19.4 Å². The Bertz CT molecular complexity index is 1420. The van der Waals surface area contributed by atoms with Crippen molar-refractivity contribution in [1.82, 2.24) is 30.2 Å². The summed E-state index contributed by atoms with van der Waals surface area (Å²) in [6.45, 7) is 14.3. The zero-order valence-electron chi connectivity index (χ0n) is 22.5. The van der Waals surface area contributed by atoms with Crippen molar-refractivity contribution in [2.75, 3.05) is 13.2 Å². The fourth-order valence-electron chi connectivity index (χ4n) is 3.64. The summed E-state index contributed by atoms with van der Waals surface area (Å²) in [6, 6.07) is 11.8. The average molecular weight is 503 g/mol. The molecular formula is C28H34N6O3. The first kappa shape index (κ1) is 26.1. The van der Waals surface area contributed by atoms with E-state index in [1.165, 1.54) is 0 Å². The Balaban J connectivity index is 1.58. The third-order valence-corrected chi connectivity index (χ3v) is 5.37. The van der Waals surface area contributed by atoms with Gasteiger partial charge >= 0.3 is 6.09 Å². The maximum Gasteiger partial charge on any atom is 0.407 e. The molecule has 0 unspecified atom stereocenters. The highest BCUT2D eigenvalue weighted by atomic mass is 16.6. The van der Waals surface area contributed by atoms with E-state index in [1.54, 1.807) is 6.20 Å². The summed E-state index contributed by atoms with van der Waals surface area (Å²) in [5, 5.41) is 2.67. The number of nitrogens with zero attached hydrogens (tertiary/aromatic N) is 4. The summed E-state index contributed by atoms with van der Waals surface area (Å²) in [6.07, 6.45) is 1.09. The highest BCUT2D eigenvalue weighted by molar-refractivity contribution is 5.85. The fourth-order valence-corrected chi connectivity index (χ4v) is 3.64. The van der Waals surface area contributed by atoms with Crippen LogP contribution in [0.4, 0.5) is 4.79 Å². The van der Waals surface area contributed by atoms with Crippen LogP contribution in [0.2, 0.25) is 0 Å². The van der Waals surface area contributed by atoms with Crippen molar-refractivity contribution < 1.29 is 14.3 Å². The fraction of sp³-hybridized carbons (Fsp3) is 0.393. The van der Waals surface area contributed by atoms with Gasteiger partial charge in [-0.1, -0.05) is 32.9 Å². The van der Waals surface area contributed by atoms with Gasteiger partial charge in [-0.25, -0.2) is 19.7 Å². The monoisotopic (exact) mass is 502 g/mol. The number of imidazole rings is 1. The van der Waals surface area contributed by atoms with Gasteiger partial charge in [0.15, 0.2) is 0 Å². The number of ether oxygens (including phenoxy) is 2. The van der Waals surface area contributed by atoms with E-state index in [2.05, 4.69) is 41.0 Å². The van der Waals surface area contributed by atoms with Gasteiger partial charge in [0.05, 0.1) is 40.9 Å². The van der Waals surface area contributed by atoms with Crippen LogP contribution in [0, 0.1) is 6.92 Å². The highest BCUT2D eigenvalue weighted by Gasteiger charge is 2.23. The number of H-pyrrole nitrogens is 1. The van der Waals surface area contributed by atoms with Crippen molar-refractivity contribution >= 4 is 17.1 Å². The molecule has 0 bridgehead atoms. The van der Waals surface area contributed by atoms with Gasteiger partial charge in [0.1, 0.15) is 18.0 Å². The SMILES string of the molecule is Cc1cccc(-c2[nH]c(C(C)(C)C)nc2-c2ccc3ncc(OCCNC(=O)OC(C)(C)C)nc3c2)n1. The molecule has 0 atom stereocenters. The van der Waals surface area contributed by atoms with E-state index in [0.717, 1.165) is 39.7 Å². The van der Waals surface area contributed by atoms with E-state index < -0.39 is 11.7 Å².